The van der Waals surface area contributed by atoms with Gasteiger partial charge in [-0.2, -0.15) is 8.78 Å². The van der Waals surface area contributed by atoms with Crippen molar-refractivity contribution in [1.82, 2.24) is 0 Å². The molecule has 0 atom stereocenters. The standard InChI is InChI=1S/C33H34F6O2/c1-2-3-4-5-22-6-8-23(9-7-22)24-10-12-25(13-11-24)26-14-16-27(17-15-26)33(38,39)41-28-20-29(34)32(30(35)21-28)40-19-18-31(36)37/h10-23,31H,2-9H2,1H3. The van der Waals surface area contributed by atoms with Gasteiger partial charge in [0.1, 0.15) is 5.75 Å². The predicted molar refractivity (Wildman–Crippen MR) is 147 cm³/mol. The Labute approximate surface area is 237 Å². The van der Waals surface area contributed by atoms with Crippen molar-refractivity contribution in [2.75, 3.05) is 0 Å². The van der Waals surface area contributed by atoms with E-state index < -0.39 is 41.2 Å². The summed E-state index contributed by atoms with van der Waals surface area (Å²) in [4.78, 5) is 0. The lowest BCUT2D eigenvalue weighted by atomic mass is 9.77. The van der Waals surface area contributed by atoms with E-state index in [1.165, 1.54) is 81.2 Å². The Morgan fingerprint density at radius 1 is 0.854 bits per heavy atom. The SMILES string of the molecule is CCCCCC1CCC(c2ccc(-c3ccc(C(F)(F)Oc4cc(F)c(OC=CC(F)F)c(F)c4)cc3)cc2)CC1. The van der Waals surface area contributed by atoms with Gasteiger partial charge in [-0.25, -0.2) is 17.6 Å². The zero-order valence-corrected chi connectivity index (χ0v) is 22.9. The van der Waals surface area contributed by atoms with Crippen molar-refractivity contribution in [1.29, 1.82) is 0 Å². The highest BCUT2D eigenvalue weighted by Crippen LogP contribution is 2.39. The molecule has 3 aromatic carbocycles. The van der Waals surface area contributed by atoms with Gasteiger partial charge in [0.2, 0.25) is 0 Å². The quantitative estimate of drug-likeness (QED) is 0.121. The molecule has 0 aromatic heterocycles. The number of hydrogen-bond acceptors (Lipinski definition) is 2. The van der Waals surface area contributed by atoms with E-state index in [0.29, 0.717) is 24.3 Å². The molecular formula is C33H34F6O2. The van der Waals surface area contributed by atoms with E-state index in [4.69, 9.17) is 0 Å². The first-order valence-electron chi connectivity index (χ1n) is 14.0. The molecule has 0 amide bonds. The van der Waals surface area contributed by atoms with Gasteiger partial charge in [0.05, 0.1) is 11.8 Å². The number of allylic oxidation sites excluding steroid dienone is 1. The van der Waals surface area contributed by atoms with Crippen molar-refractivity contribution >= 4 is 0 Å². The fraction of sp³-hybridized carbons (Fsp3) is 0.394. The van der Waals surface area contributed by atoms with Crippen LogP contribution in [0.5, 0.6) is 11.5 Å². The summed E-state index contributed by atoms with van der Waals surface area (Å²) < 4.78 is 91.4. The summed E-state index contributed by atoms with van der Waals surface area (Å²) in [6, 6.07) is 14.7. The monoisotopic (exact) mass is 576 g/mol. The molecular weight excluding hydrogens is 542 g/mol. The lowest BCUT2D eigenvalue weighted by Gasteiger charge is -2.29. The molecule has 0 N–H and O–H groups in total. The second kappa shape index (κ2) is 14.0. The Morgan fingerprint density at radius 2 is 1.44 bits per heavy atom. The molecule has 220 valence electrons. The molecule has 41 heavy (non-hydrogen) atoms. The number of unbranched alkanes of at least 4 members (excludes halogenated alkanes) is 2. The molecule has 0 saturated heterocycles. The van der Waals surface area contributed by atoms with E-state index in [9.17, 15) is 26.3 Å². The number of benzene rings is 3. The minimum Gasteiger partial charge on any atom is -0.459 e. The van der Waals surface area contributed by atoms with Crippen LogP contribution < -0.4 is 9.47 Å². The molecule has 0 radical (unpaired) electrons. The van der Waals surface area contributed by atoms with Crippen LogP contribution in [-0.4, -0.2) is 6.43 Å². The molecule has 1 aliphatic rings. The number of halogens is 6. The maximum atomic E-state index is 14.8. The van der Waals surface area contributed by atoms with Crippen molar-refractivity contribution in [3.05, 3.63) is 95.8 Å². The highest BCUT2D eigenvalue weighted by atomic mass is 19.3. The summed E-state index contributed by atoms with van der Waals surface area (Å²) >= 11 is 0. The second-order valence-electron chi connectivity index (χ2n) is 10.5. The molecule has 0 spiro atoms. The summed E-state index contributed by atoms with van der Waals surface area (Å²) in [7, 11) is 0. The van der Waals surface area contributed by atoms with Crippen LogP contribution in [0, 0.1) is 17.6 Å². The van der Waals surface area contributed by atoms with Crippen molar-refractivity contribution in [3.63, 3.8) is 0 Å². The molecule has 0 heterocycles. The second-order valence-corrected chi connectivity index (χ2v) is 10.5. The maximum Gasteiger partial charge on any atom is 0.426 e. The molecule has 0 unspecified atom stereocenters. The van der Waals surface area contributed by atoms with E-state index in [1.54, 1.807) is 0 Å². The maximum absolute atomic E-state index is 14.8. The first-order valence-corrected chi connectivity index (χ1v) is 14.0. The number of hydrogen-bond donors (Lipinski definition) is 0. The van der Waals surface area contributed by atoms with Gasteiger partial charge < -0.3 is 9.47 Å². The van der Waals surface area contributed by atoms with Crippen LogP contribution in [0.4, 0.5) is 26.3 Å². The van der Waals surface area contributed by atoms with Crippen molar-refractivity contribution in [2.24, 2.45) is 5.92 Å². The summed E-state index contributed by atoms with van der Waals surface area (Å²) in [5.74, 6) is -3.17. The van der Waals surface area contributed by atoms with Crippen LogP contribution in [0.25, 0.3) is 11.1 Å². The van der Waals surface area contributed by atoms with Gasteiger partial charge in [-0.15, -0.1) is 0 Å². The normalized spacial score (nSPS) is 17.8. The van der Waals surface area contributed by atoms with E-state index in [2.05, 4.69) is 28.5 Å². The summed E-state index contributed by atoms with van der Waals surface area (Å²) in [5, 5.41) is 0. The lowest BCUT2D eigenvalue weighted by Crippen LogP contribution is -2.22. The molecule has 0 bridgehead atoms. The van der Waals surface area contributed by atoms with Gasteiger partial charge in [0.15, 0.2) is 17.4 Å². The fourth-order valence-electron chi connectivity index (χ4n) is 5.35. The van der Waals surface area contributed by atoms with Crippen LogP contribution >= 0.6 is 0 Å². The fourth-order valence-corrected chi connectivity index (χ4v) is 5.35. The van der Waals surface area contributed by atoms with E-state index in [1.807, 2.05) is 12.1 Å². The van der Waals surface area contributed by atoms with E-state index >= 15 is 0 Å². The molecule has 1 saturated carbocycles. The number of ether oxygens (including phenoxy) is 2. The third kappa shape index (κ3) is 8.30. The molecule has 1 fully saturated rings. The van der Waals surface area contributed by atoms with Gasteiger partial charge in [-0.3, -0.25) is 0 Å². The van der Waals surface area contributed by atoms with Gasteiger partial charge in [0.25, 0.3) is 6.43 Å². The smallest absolute Gasteiger partial charge is 0.426 e. The Bertz CT molecular complexity index is 1260. The summed E-state index contributed by atoms with van der Waals surface area (Å²) in [5.41, 5.74) is 2.43. The summed E-state index contributed by atoms with van der Waals surface area (Å²) in [6.07, 6.45) is 4.04. The van der Waals surface area contributed by atoms with E-state index in [0.717, 1.165) is 17.0 Å². The highest BCUT2D eigenvalue weighted by Gasteiger charge is 2.35. The van der Waals surface area contributed by atoms with Crippen LogP contribution in [0.15, 0.2) is 73.0 Å². The molecule has 1 aliphatic carbocycles. The van der Waals surface area contributed by atoms with Crippen LogP contribution in [0.2, 0.25) is 0 Å². The van der Waals surface area contributed by atoms with Crippen LogP contribution in [0.3, 0.4) is 0 Å². The average Bonchev–Trinajstić information content (AvgIpc) is 2.95. The van der Waals surface area contributed by atoms with Gasteiger partial charge in [-0.05, 0) is 66.3 Å². The molecule has 3 aromatic rings. The molecule has 4 rings (SSSR count). The van der Waals surface area contributed by atoms with Crippen molar-refractivity contribution in [3.8, 4) is 22.6 Å². The van der Waals surface area contributed by atoms with Crippen LogP contribution in [-0.2, 0) is 6.11 Å². The minimum absolute atomic E-state index is 0.274. The van der Waals surface area contributed by atoms with Crippen LogP contribution in [0.1, 0.15) is 75.3 Å². The molecule has 8 heteroatoms. The summed E-state index contributed by atoms with van der Waals surface area (Å²) in [6.45, 7) is 2.23. The number of rotatable bonds is 12. The van der Waals surface area contributed by atoms with Gasteiger partial charge >= 0.3 is 6.11 Å². The van der Waals surface area contributed by atoms with Crippen molar-refractivity contribution < 1.29 is 35.8 Å². The largest absolute Gasteiger partial charge is 0.459 e. The Hall–Kier alpha value is -3.42. The first-order chi connectivity index (χ1) is 19.7. The Kier molecular flexibility index (Phi) is 10.4. The first kappa shape index (κ1) is 30.5. The lowest BCUT2D eigenvalue weighted by molar-refractivity contribution is -0.185. The Morgan fingerprint density at radius 3 is 2.00 bits per heavy atom. The molecule has 2 nitrogen and oxygen atoms in total. The Balaban J connectivity index is 1.37. The van der Waals surface area contributed by atoms with Gasteiger partial charge in [-0.1, -0.05) is 69.0 Å². The number of alkyl halides is 4. The van der Waals surface area contributed by atoms with Crippen molar-refractivity contribution in [2.45, 2.75) is 76.7 Å². The average molecular weight is 577 g/mol. The third-order valence-electron chi connectivity index (χ3n) is 7.63. The zero-order chi connectivity index (χ0) is 29.4. The predicted octanol–water partition coefficient (Wildman–Crippen LogP) is 10.8. The highest BCUT2D eigenvalue weighted by molar-refractivity contribution is 5.64. The zero-order valence-electron chi connectivity index (χ0n) is 22.9. The minimum atomic E-state index is -3.89. The topological polar surface area (TPSA) is 18.5 Å². The molecule has 0 aliphatic heterocycles. The third-order valence-corrected chi connectivity index (χ3v) is 7.63. The van der Waals surface area contributed by atoms with E-state index in [-0.39, 0.29) is 6.08 Å². The van der Waals surface area contributed by atoms with Gasteiger partial charge in [0, 0.05) is 18.2 Å².